The number of carbonyl (C=O) groups is 3. The van der Waals surface area contributed by atoms with Crippen molar-refractivity contribution in [3.8, 4) is 0 Å². The SMILES string of the molecule is CC(C)C[C@@H](C(=O)O)N1C(=O)S/C(=C\c2cccc(Br)c2)C1=O. The van der Waals surface area contributed by atoms with E-state index in [1.54, 1.807) is 6.08 Å². The van der Waals surface area contributed by atoms with Crippen LogP contribution in [0.25, 0.3) is 6.08 Å². The van der Waals surface area contributed by atoms with Crippen LogP contribution in [0.15, 0.2) is 33.6 Å². The third-order valence-corrected chi connectivity index (χ3v) is 4.64. The molecule has 0 spiro atoms. The first kappa shape index (κ1) is 17.7. The van der Waals surface area contributed by atoms with Crippen molar-refractivity contribution in [2.45, 2.75) is 26.3 Å². The van der Waals surface area contributed by atoms with Gasteiger partial charge in [-0.15, -0.1) is 0 Å². The van der Waals surface area contributed by atoms with Gasteiger partial charge in [-0.2, -0.15) is 0 Å². The molecule has 5 nitrogen and oxygen atoms in total. The zero-order chi connectivity index (χ0) is 17.1. The van der Waals surface area contributed by atoms with Gasteiger partial charge in [-0.1, -0.05) is 41.9 Å². The second kappa shape index (κ2) is 7.31. The van der Waals surface area contributed by atoms with Crippen molar-refractivity contribution in [3.63, 3.8) is 0 Å². The van der Waals surface area contributed by atoms with E-state index in [1.165, 1.54) is 0 Å². The minimum absolute atomic E-state index is 0.0554. The van der Waals surface area contributed by atoms with Crippen LogP contribution in [0.1, 0.15) is 25.8 Å². The molecular weight excluding hydrogens is 382 g/mol. The van der Waals surface area contributed by atoms with Gasteiger partial charge in [-0.05, 0) is 47.9 Å². The van der Waals surface area contributed by atoms with Crippen molar-refractivity contribution in [2.75, 3.05) is 0 Å². The van der Waals surface area contributed by atoms with Gasteiger partial charge in [0, 0.05) is 4.47 Å². The van der Waals surface area contributed by atoms with E-state index in [4.69, 9.17) is 0 Å². The number of thioether (sulfide) groups is 1. The highest BCUT2D eigenvalue weighted by Crippen LogP contribution is 2.35. The summed E-state index contributed by atoms with van der Waals surface area (Å²) in [6, 6.07) is 6.17. The molecule has 0 unspecified atom stereocenters. The molecule has 2 amide bonds. The number of carboxylic acids is 1. The van der Waals surface area contributed by atoms with E-state index in [0.717, 1.165) is 26.7 Å². The fraction of sp³-hybridized carbons (Fsp3) is 0.312. The number of amides is 2. The molecule has 1 N–H and O–H groups in total. The zero-order valence-corrected chi connectivity index (χ0v) is 15.1. The standard InChI is InChI=1S/C16H16BrNO4S/c1-9(2)6-12(15(20)21)18-14(19)13(23-16(18)22)8-10-4-3-5-11(17)7-10/h3-5,7-9,12H,6H2,1-2H3,(H,20,21)/b13-8-/t12-/m0/s1. The van der Waals surface area contributed by atoms with Crippen LogP contribution in [-0.4, -0.2) is 33.2 Å². The Hall–Kier alpha value is -1.60. The highest BCUT2D eigenvalue weighted by molar-refractivity contribution is 9.10. The molecule has 0 aromatic heterocycles. The number of benzene rings is 1. The van der Waals surface area contributed by atoms with Gasteiger partial charge in [0.1, 0.15) is 6.04 Å². The topological polar surface area (TPSA) is 74.7 Å². The maximum atomic E-state index is 12.5. The van der Waals surface area contributed by atoms with E-state index >= 15 is 0 Å². The van der Waals surface area contributed by atoms with Crippen molar-refractivity contribution in [3.05, 3.63) is 39.2 Å². The summed E-state index contributed by atoms with van der Waals surface area (Å²) >= 11 is 4.12. The predicted octanol–water partition coefficient (Wildman–Crippen LogP) is 3.98. The highest BCUT2D eigenvalue weighted by atomic mass is 79.9. The number of imide groups is 1. The summed E-state index contributed by atoms with van der Waals surface area (Å²) in [5.41, 5.74) is 0.764. The van der Waals surface area contributed by atoms with Crippen LogP contribution < -0.4 is 0 Å². The minimum atomic E-state index is -1.16. The molecule has 0 saturated carbocycles. The van der Waals surface area contributed by atoms with Crippen LogP contribution in [0.3, 0.4) is 0 Å². The fourth-order valence-corrected chi connectivity index (χ4v) is 3.55. The summed E-state index contributed by atoms with van der Waals surface area (Å²) in [6.07, 6.45) is 1.83. The number of halogens is 1. The normalized spacial score (nSPS) is 18.1. The van der Waals surface area contributed by atoms with Gasteiger partial charge in [0.25, 0.3) is 11.1 Å². The summed E-state index contributed by atoms with van der Waals surface area (Å²) in [5.74, 6) is -1.66. The van der Waals surface area contributed by atoms with Crippen LogP contribution >= 0.6 is 27.7 Å². The van der Waals surface area contributed by atoms with Crippen molar-refractivity contribution in [1.29, 1.82) is 0 Å². The van der Waals surface area contributed by atoms with Gasteiger partial charge in [-0.25, -0.2) is 4.79 Å². The van der Waals surface area contributed by atoms with E-state index in [-0.39, 0.29) is 17.2 Å². The summed E-state index contributed by atoms with van der Waals surface area (Å²) < 4.78 is 0.855. The fourth-order valence-electron chi connectivity index (χ4n) is 2.26. The van der Waals surface area contributed by atoms with Crippen molar-refractivity contribution in [1.82, 2.24) is 4.90 Å². The Labute approximate surface area is 146 Å². The monoisotopic (exact) mass is 397 g/mol. The summed E-state index contributed by atoms with van der Waals surface area (Å²) in [7, 11) is 0. The smallest absolute Gasteiger partial charge is 0.326 e. The third kappa shape index (κ3) is 4.23. The second-order valence-corrected chi connectivity index (χ2v) is 7.50. The van der Waals surface area contributed by atoms with Crippen LogP contribution in [-0.2, 0) is 9.59 Å². The maximum Gasteiger partial charge on any atom is 0.326 e. The van der Waals surface area contributed by atoms with Crippen molar-refractivity contribution >= 4 is 50.9 Å². The molecular formula is C16H16BrNO4S. The number of hydrogen-bond donors (Lipinski definition) is 1. The largest absolute Gasteiger partial charge is 0.480 e. The maximum absolute atomic E-state index is 12.5. The Morgan fingerprint density at radius 3 is 2.65 bits per heavy atom. The molecule has 1 heterocycles. The molecule has 23 heavy (non-hydrogen) atoms. The Balaban J connectivity index is 2.30. The van der Waals surface area contributed by atoms with Gasteiger partial charge in [0.2, 0.25) is 0 Å². The first-order valence-electron chi connectivity index (χ1n) is 7.05. The molecule has 2 rings (SSSR count). The van der Waals surface area contributed by atoms with Gasteiger partial charge in [0.05, 0.1) is 4.91 Å². The average molecular weight is 398 g/mol. The molecule has 1 aromatic carbocycles. The van der Waals surface area contributed by atoms with E-state index in [0.29, 0.717) is 0 Å². The number of carbonyl (C=O) groups excluding carboxylic acids is 2. The highest BCUT2D eigenvalue weighted by Gasteiger charge is 2.42. The molecule has 1 aromatic rings. The van der Waals surface area contributed by atoms with Crippen molar-refractivity contribution in [2.24, 2.45) is 5.92 Å². The lowest BCUT2D eigenvalue weighted by atomic mass is 10.0. The van der Waals surface area contributed by atoms with Crippen LogP contribution in [0.4, 0.5) is 4.79 Å². The number of carboxylic acid groups (broad SMARTS) is 1. The van der Waals surface area contributed by atoms with Gasteiger partial charge >= 0.3 is 5.97 Å². The minimum Gasteiger partial charge on any atom is -0.480 e. The molecule has 0 bridgehead atoms. The number of hydrogen-bond acceptors (Lipinski definition) is 4. The molecule has 1 aliphatic rings. The van der Waals surface area contributed by atoms with Crippen LogP contribution in [0, 0.1) is 5.92 Å². The van der Waals surface area contributed by atoms with Crippen molar-refractivity contribution < 1.29 is 19.5 Å². The second-order valence-electron chi connectivity index (χ2n) is 5.59. The lowest BCUT2D eigenvalue weighted by Gasteiger charge is -2.22. The van der Waals surface area contributed by atoms with E-state index < -0.39 is 23.2 Å². The number of nitrogens with zero attached hydrogens (tertiary/aromatic N) is 1. The van der Waals surface area contributed by atoms with E-state index in [2.05, 4.69) is 15.9 Å². The lowest BCUT2D eigenvalue weighted by molar-refractivity contribution is -0.146. The molecule has 1 aliphatic heterocycles. The molecule has 7 heteroatoms. The summed E-state index contributed by atoms with van der Waals surface area (Å²) in [6.45, 7) is 3.71. The summed E-state index contributed by atoms with van der Waals surface area (Å²) in [4.78, 5) is 37.1. The third-order valence-electron chi connectivity index (χ3n) is 3.26. The Morgan fingerprint density at radius 2 is 2.09 bits per heavy atom. The van der Waals surface area contributed by atoms with Crippen LogP contribution in [0.2, 0.25) is 0 Å². The Morgan fingerprint density at radius 1 is 1.39 bits per heavy atom. The van der Waals surface area contributed by atoms with Crippen LogP contribution in [0.5, 0.6) is 0 Å². The molecule has 0 aliphatic carbocycles. The van der Waals surface area contributed by atoms with Gasteiger partial charge in [0.15, 0.2) is 0 Å². The van der Waals surface area contributed by atoms with E-state index in [9.17, 15) is 19.5 Å². The molecule has 122 valence electrons. The zero-order valence-electron chi connectivity index (χ0n) is 12.7. The van der Waals surface area contributed by atoms with Gasteiger partial charge in [-0.3, -0.25) is 14.5 Å². The quantitative estimate of drug-likeness (QED) is 0.760. The molecule has 1 saturated heterocycles. The predicted molar refractivity (Wildman–Crippen MR) is 92.8 cm³/mol. The first-order chi connectivity index (χ1) is 10.8. The Bertz CT molecular complexity index is 686. The average Bonchev–Trinajstić information content (AvgIpc) is 2.71. The van der Waals surface area contributed by atoms with Gasteiger partial charge < -0.3 is 5.11 Å². The molecule has 0 radical (unpaired) electrons. The van der Waals surface area contributed by atoms with E-state index in [1.807, 2.05) is 38.1 Å². The number of aliphatic carboxylic acids is 1. The molecule has 1 fully saturated rings. The lowest BCUT2D eigenvalue weighted by Crippen LogP contribution is -2.44. The summed E-state index contributed by atoms with van der Waals surface area (Å²) in [5, 5.41) is 8.81. The Kier molecular flexibility index (Phi) is 5.64. The molecule has 1 atom stereocenters. The number of rotatable bonds is 5. The first-order valence-corrected chi connectivity index (χ1v) is 8.66.